The maximum Gasteiger partial charge on any atom is 0.310 e. The molecule has 36 heavy (non-hydrogen) atoms. The van der Waals surface area contributed by atoms with Crippen molar-refractivity contribution in [1.82, 2.24) is 9.97 Å². The third-order valence-electron chi connectivity index (χ3n) is 8.38. The zero-order chi connectivity index (χ0) is 25.4. The number of hydrogen-bond donors (Lipinski definition) is 2. The van der Waals surface area contributed by atoms with E-state index in [1.54, 1.807) is 13.1 Å². The number of fused-ring (bicyclic) bond motifs is 3. The van der Waals surface area contributed by atoms with Crippen molar-refractivity contribution in [2.75, 3.05) is 66.4 Å². The molecule has 5 heterocycles. The summed E-state index contributed by atoms with van der Waals surface area (Å²) in [7, 11) is 3.60. The molecule has 0 unspecified atom stereocenters. The Balaban J connectivity index is 1.27. The first-order chi connectivity index (χ1) is 17.2. The fourth-order valence-corrected chi connectivity index (χ4v) is 6.21. The number of anilines is 4. The van der Waals surface area contributed by atoms with E-state index < -0.39 is 23.1 Å². The normalized spacial score (nSPS) is 21.0. The van der Waals surface area contributed by atoms with Crippen LogP contribution in [-0.2, 0) is 21.4 Å². The first-order valence-corrected chi connectivity index (χ1v) is 12.4. The van der Waals surface area contributed by atoms with Gasteiger partial charge in [-0.1, -0.05) is 0 Å². The Kier molecular flexibility index (Phi) is 5.03. The number of aromatic amines is 1. The Hall–Kier alpha value is -3.63. The molecular weight excluding hydrogens is 467 g/mol. The van der Waals surface area contributed by atoms with Crippen molar-refractivity contribution in [2.45, 2.75) is 31.1 Å². The summed E-state index contributed by atoms with van der Waals surface area (Å²) in [6.07, 6.45) is 2.43. The highest BCUT2D eigenvalue weighted by atomic mass is 19.1. The van der Waals surface area contributed by atoms with E-state index in [9.17, 15) is 14.4 Å². The van der Waals surface area contributed by atoms with Crippen LogP contribution in [0.1, 0.15) is 30.4 Å². The van der Waals surface area contributed by atoms with Crippen LogP contribution in [-0.4, -0.2) is 73.8 Å². The van der Waals surface area contributed by atoms with Crippen LogP contribution in [0.15, 0.2) is 16.9 Å². The number of amides is 1. The Morgan fingerprint density at radius 3 is 2.56 bits per heavy atom. The number of carbonyl (C=O) groups excluding carboxylic acids is 1. The highest BCUT2D eigenvalue weighted by Gasteiger charge is 2.53. The predicted octanol–water partition coefficient (Wildman–Crippen LogP) is 1.33. The van der Waals surface area contributed by atoms with E-state index in [4.69, 9.17) is 10.1 Å². The smallest absolute Gasteiger partial charge is 0.310 e. The third kappa shape index (κ3) is 3.21. The van der Waals surface area contributed by atoms with Crippen LogP contribution in [0.3, 0.4) is 0 Å². The number of halogens is 1. The van der Waals surface area contributed by atoms with Gasteiger partial charge in [-0.3, -0.25) is 19.4 Å². The number of carboxylic acid groups (broad SMARTS) is 1. The first-order valence-electron chi connectivity index (χ1n) is 12.4. The number of H-pyrrole nitrogens is 1. The van der Waals surface area contributed by atoms with Crippen LogP contribution < -0.4 is 25.2 Å². The molecule has 1 aromatic carbocycles. The van der Waals surface area contributed by atoms with Crippen molar-refractivity contribution >= 4 is 35.0 Å². The average molecular weight is 497 g/mol. The van der Waals surface area contributed by atoms with Crippen molar-refractivity contribution in [2.24, 2.45) is 5.92 Å². The molecule has 4 aliphatic rings. The summed E-state index contributed by atoms with van der Waals surface area (Å²) in [5.41, 5.74) is 1.17. The number of piperidine rings is 1. The van der Waals surface area contributed by atoms with Gasteiger partial charge in [0.25, 0.3) is 5.56 Å². The van der Waals surface area contributed by atoms with Gasteiger partial charge >= 0.3 is 5.97 Å². The van der Waals surface area contributed by atoms with Gasteiger partial charge in [-0.2, -0.15) is 4.98 Å². The molecule has 2 N–H and O–H groups in total. The molecule has 1 aromatic heterocycles. The number of nitrogens with one attached hydrogen (secondary N) is 1. The molecule has 0 saturated carbocycles. The second-order valence-corrected chi connectivity index (χ2v) is 10.4. The van der Waals surface area contributed by atoms with Gasteiger partial charge in [0.15, 0.2) is 0 Å². The van der Waals surface area contributed by atoms with Gasteiger partial charge in [-0.15, -0.1) is 0 Å². The molecule has 2 saturated heterocycles. The maximum atomic E-state index is 15.6. The summed E-state index contributed by atoms with van der Waals surface area (Å²) in [5.74, 6) is -0.687. The fraction of sp³-hybridized carbons (Fsp3) is 0.520. The van der Waals surface area contributed by atoms with E-state index in [-0.39, 0.29) is 11.5 Å². The highest BCUT2D eigenvalue weighted by molar-refractivity contribution is 6.08. The zero-order valence-corrected chi connectivity index (χ0v) is 20.4. The zero-order valence-electron chi connectivity index (χ0n) is 20.4. The van der Waals surface area contributed by atoms with Crippen LogP contribution in [0, 0.1) is 11.7 Å². The summed E-state index contributed by atoms with van der Waals surface area (Å²) < 4.78 is 15.6. The molecule has 190 valence electrons. The number of rotatable bonds is 3. The van der Waals surface area contributed by atoms with E-state index in [0.29, 0.717) is 79.7 Å². The number of hydrogen-bond acceptors (Lipinski definition) is 7. The first kappa shape index (κ1) is 22.8. The van der Waals surface area contributed by atoms with Gasteiger partial charge in [0, 0.05) is 58.1 Å². The van der Waals surface area contributed by atoms with Gasteiger partial charge in [0.05, 0.1) is 22.6 Å². The molecule has 1 amide bonds. The van der Waals surface area contributed by atoms with E-state index in [0.717, 1.165) is 13.0 Å². The highest BCUT2D eigenvalue weighted by Crippen LogP contribution is 2.50. The molecule has 1 spiro atoms. The predicted molar refractivity (Wildman–Crippen MR) is 133 cm³/mol. The second kappa shape index (κ2) is 7.94. The molecule has 0 bridgehead atoms. The number of aromatic nitrogens is 2. The number of carboxylic acids is 1. The second-order valence-electron chi connectivity index (χ2n) is 10.4. The number of likely N-dealkylation sites (N-methyl/N-ethyl adjacent to an activating group) is 1. The lowest BCUT2D eigenvalue weighted by molar-refractivity contribution is -0.142. The Morgan fingerprint density at radius 1 is 1.14 bits per heavy atom. The van der Waals surface area contributed by atoms with Crippen LogP contribution in [0.2, 0.25) is 0 Å². The van der Waals surface area contributed by atoms with Crippen molar-refractivity contribution in [1.29, 1.82) is 0 Å². The molecule has 2 aromatic rings. The lowest BCUT2D eigenvalue weighted by Gasteiger charge is -2.40. The molecule has 6 rings (SSSR count). The van der Waals surface area contributed by atoms with E-state index in [1.165, 1.54) is 11.0 Å². The Morgan fingerprint density at radius 2 is 1.86 bits per heavy atom. The number of carbonyl (C=O) groups is 2. The minimum Gasteiger partial charge on any atom is -0.481 e. The molecular formula is C25H29FN6O4. The molecule has 2 fully saturated rings. The number of aliphatic carboxylic acids is 1. The molecule has 0 radical (unpaired) electrons. The van der Waals surface area contributed by atoms with Crippen LogP contribution >= 0.6 is 0 Å². The average Bonchev–Trinajstić information content (AvgIpc) is 3.01. The van der Waals surface area contributed by atoms with Gasteiger partial charge in [-0.05, 0) is 37.8 Å². The molecule has 11 heteroatoms. The van der Waals surface area contributed by atoms with Crippen molar-refractivity contribution in [3.05, 3.63) is 39.4 Å². The number of benzene rings is 1. The van der Waals surface area contributed by atoms with Gasteiger partial charge in [0.1, 0.15) is 11.6 Å². The summed E-state index contributed by atoms with van der Waals surface area (Å²) in [5, 5.41) is 9.16. The van der Waals surface area contributed by atoms with Gasteiger partial charge < -0.3 is 24.7 Å². The molecule has 10 nitrogen and oxygen atoms in total. The standard InChI is InChI=1S/C25H29FN6O4/c1-29-7-3-4-16-20(29)27-24(28-21(16)33)31-8-5-25(6-9-31)19-17(26)10-15(11-18(19)30(2)23(25)36)32-12-14(13-32)22(34)35/h10-11,14H,3-9,12-13H2,1-2H3,(H,34,35)(H,27,28,33). The van der Waals surface area contributed by atoms with E-state index in [1.807, 2.05) is 21.7 Å². The third-order valence-corrected chi connectivity index (χ3v) is 8.38. The minimum absolute atomic E-state index is 0.126. The van der Waals surface area contributed by atoms with Gasteiger partial charge in [0.2, 0.25) is 11.9 Å². The summed E-state index contributed by atoms with van der Waals surface area (Å²) in [4.78, 5) is 52.3. The number of nitrogens with zero attached hydrogens (tertiary/aromatic N) is 5. The topological polar surface area (TPSA) is 113 Å². The summed E-state index contributed by atoms with van der Waals surface area (Å²) in [6, 6.07) is 3.23. The minimum atomic E-state index is -0.965. The monoisotopic (exact) mass is 496 g/mol. The fourth-order valence-electron chi connectivity index (χ4n) is 6.21. The summed E-state index contributed by atoms with van der Waals surface area (Å²) >= 11 is 0. The van der Waals surface area contributed by atoms with Crippen LogP contribution in [0.4, 0.5) is 27.5 Å². The summed E-state index contributed by atoms with van der Waals surface area (Å²) in [6.45, 7) is 2.41. The Bertz CT molecular complexity index is 1330. The van der Waals surface area contributed by atoms with Crippen LogP contribution in [0.25, 0.3) is 0 Å². The quantitative estimate of drug-likeness (QED) is 0.655. The Labute approximate surface area is 207 Å². The van der Waals surface area contributed by atoms with Gasteiger partial charge in [-0.25, -0.2) is 4.39 Å². The van der Waals surface area contributed by atoms with Crippen molar-refractivity contribution in [3.8, 4) is 0 Å². The van der Waals surface area contributed by atoms with E-state index in [2.05, 4.69) is 4.98 Å². The molecule has 0 aliphatic carbocycles. The SMILES string of the molecule is CN1CCCc2c1nc(N1CCC3(CC1)C(=O)N(C)c1cc(N4CC(C(=O)O)C4)cc(F)c13)[nH]c2=O. The lowest BCUT2D eigenvalue weighted by atomic mass is 9.73. The molecule has 0 atom stereocenters. The van der Waals surface area contributed by atoms with E-state index >= 15 is 4.39 Å². The molecule has 4 aliphatic heterocycles. The lowest BCUT2D eigenvalue weighted by Crippen LogP contribution is -2.50. The maximum absolute atomic E-state index is 15.6. The van der Waals surface area contributed by atoms with Crippen molar-refractivity contribution in [3.63, 3.8) is 0 Å². The van der Waals surface area contributed by atoms with Crippen LogP contribution in [0.5, 0.6) is 0 Å². The van der Waals surface area contributed by atoms with Crippen molar-refractivity contribution < 1.29 is 19.1 Å². The largest absolute Gasteiger partial charge is 0.481 e.